The first kappa shape index (κ1) is 11.8. The molecule has 1 unspecified atom stereocenters. The first-order valence-electron chi connectivity index (χ1n) is 5.10. The molecule has 1 rings (SSSR count). The van der Waals surface area contributed by atoms with Crippen molar-refractivity contribution in [3.8, 4) is 0 Å². The lowest BCUT2D eigenvalue weighted by Gasteiger charge is -2.16. The molecule has 0 heterocycles. The Labute approximate surface area is 90.1 Å². The zero-order valence-corrected chi connectivity index (χ0v) is 9.35. The van der Waals surface area contributed by atoms with E-state index in [-0.39, 0.29) is 11.9 Å². The predicted molar refractivity (Wildman–Crippen MR) is 56.5 cm³/mol. The molecule has 0 radical (unpaired) electrons. The Morgan fingerprint density at radius 2 is 2.36 bits per heavy atom. The standard InChI is InChI=1S/C10H18ClNO2/c1-14-7-9(4-5-11)12-10(13)6-8-2-3-8/h8-9H,2-7H2,1H3,(H,12,13). The van der Waals surface area contributed by atoms with Crippen LogP contribution in [0.5, 0.6) is 0 Å². The number of carbonyl (C=O) groups excluding carboxylic acids is 1. The summed E-state index contributed by atoms with van der Waals surface area (Å²) in [7, 11) is 1.63. The van der Waals surface area contributed by atoms with Crippen molar-refractivity contribution >= 4 is 17.5 Å². The smallest absolute Gasteiger partial charge is 0.220 e. The van der Waals surface area contributed by atoms with Gasteiger partial charge in [-0.25, -0.2) is 0 Å². The number of methoxy groups -OCH3 is 1. The van der Waals surface area contributed by atoms with Gasteiger partial charge in [0.25, 0.3) is 0 Å². The average molecular weight is 220 g/mol. The summed E-state index contributed by atoms with van der Waals surface area (Å²) in [5.74, 6) is 1.33. The van der Waals surface area contributed by atoms with E-state index in [1.165, 1.54) is 12.8 Å². The molecule has 0 aromatic heterocycles. The Hall–Kier alpha value is -0.280. The lowest BCUT2D eigenvalue weighted by molar-refractivity contribution is -0.122. The quantitative estimate of drug-likeness (QED) is 0.660. The van der Waals surface area contributed by atoms with Gasteiger partial charge < -0.3 is 10.1 Å². The van der Waals surface area contributed by atoms with Crippen LogP contribution in [0.4, 0.5) is 0 Å². The maximum Gasteiger partial charge on any atom is 0.220 e. The van der Waals surface area contributed by atoms with Gasteiger partial charge in [0.1, 0.15) is 0 Å². The summed E-state index contributed by atoms with van der Waals surface area (Å²) >= 11 is 5.63. The third-order valence-corrected chi connectivity index (χ3v) is 2.58. The number of ether oxygens (including phenoxy) is 1. The van der Waals surface area contributed by atoms with Gasteiger partial charge in [-0.15, -0.1) is 11.6 Å². The normalized spacial score (nSPS) is 17.9. The molecule has 1 N–H and O–H groups in total. The van der Waals surface area contributed by atoms with E-state index in [1.807, 2.05) is 0 Å². The van der Waals surface area contributed by atoms with Crippen LogP contribution in [-0.2, 0) is 9.53 Å². The Bertz CT molecular complexity index is 177. The second kappa shape index (κ2) is 6.25. The zero-order chi connectivity index (χ0) is 10.4. The molecule has 0 saturated heterocycles. The van der Waals surface area contributed by atoms with Crippen molar-refractivity contribution in [1.82, 2.24) is 5.32 Å². The third kappa shape index (κ3) is 4.82. The van der Waals surface area contributed by atoms with Crippen LogP contribution < -0.4 is 5.32 Å². The monoisotopic (exact) mass is 219 g/mol. The van der Waals surface area contributed by atoms with E-state index in [1.54, 1.807) is 7.11 Å². The molecule has 1 aliphatic rings. The summed E-state index contributed by atoms with van der Waals surface area (Å²) < 4.78 is 5.00. The largest absolute Gasteiger partial charge is 0.383 e. The fourth-order valence-electron chi connectivity index (χ4n) is 1.40. The summed E-state index contributed by atoms with van der Waals surface area (Å²) in [6.45, 7) is 0.545. The fraction of sp³-hybridized carbons (Fsp3) is 0.900. The number of hydrogen-bond donors (Lipinski definition) is 1. The van der Waals surface area contributed by atoms with Crippen LogP contribution in [0.1, 0.15) is 25.7 Å². The van der Waals surface area contributed by atoms with Gasteiger partial charge in [-0.3, -0.25) is 4.79 Å². The maximum absolute atomic E-state index is 11.4. The van der Waals surface area contributed by atoms with Crippen molar-refractivity contribution in [2.45, 2.75) is 31.7 Å². The predicted octanol–water partition coefficient (Wildman–Crippen LogP) is 1.55. The number of nitrogens with one attached hydrogen (secondary N) is 1. The molecule has 82 valence electrons. The molecule has 0 aromatic carbocycles. The number of rotatable bonds is 7. The van der Waals surface area contributed by atoms with E-state index in [9.17, 15) is 4.79 Å². The lowest BCUT2D eigenvalue weighted by Crippen LogP contribution is -2.38. The molecule has 0 aromatic rings. The first-order valence-corrected chi connectivity index (χ1v) is 5.64. The molecule has 0 bridgehead atoms. The molecule has 1 amide bonds. The van der Waals surface area contributed by atoms with Crippen LogP contribution in [0.2, 0.25) is 0 Å². The lowest BCUT2D eigenvalue weighted by atomic mass is 10.2. The molecule has 3 nitrogen and oxygen atoms in total. The molecule has 14 heavy (non-hydrogen) atoms. The molecule has 0 aliphatic heterocycles. The topological polar surface area (TPSA) is 38.3 Å². The molecular weight excluding hydrogens is 202 g/mol. The van der Waals surface area contributed by atoms with Gasteiger partial charge in [-0.2, -0.15) is 0 Å². The van der Waals surface area contributed by atoms with E-state index in [4.69, 9.17) is 16.3 Å². The van der Waals surface area contributed by atoms with Gasteiger partial charge in [0.2, 0.25) is 5.91 Å². The summed E-state index contributed by atoms with van der Waals surface area (Å²) in [6.07, 6.45) is 3.85. The van der Waals surface area contributed by atoms with Gasteiger partial charge in [0.05, 0.1) is 12.6 Å². The van der Waals surface area contributed by atoms with E-state index in [0.29, 0.717) is 24.8 Å². The Morgan fingerprint density at radius 3 is 2.86 bits per heavy atom. The van der Waals surface area contributed by atoms with Crippen LogP contribution in [0.15, 0.2) is 0 Å². The highest BCUT2D eigenvalue weighted by Crippen LogP contribution is 2.32. The highest BCUT2D eigenvalue weighted by atomic mass is 35.5. The van der Waals surface area contributed by atoms with Crippen LogP contribution in [0.25, 0.3) is 0 Å². The Morgan fingerprint density at radius 1 is 1.64 bits per heavy atom. The minimum atomic E-state index is 0.0729. The second-order valence-corrected chi connectivity index (χ2v) is 4.22. The average Bonchev–Trinajstić information content (AvgIpc) is 2.89. The van der Waals surface area contributed by atoms with Gasteiger partial charge >= 0.3 is 0 Å². The van der Waals surface area contributed by atoms with Crippen molar-refractivity contribution in [2.75, 3.05) is 19.6 Å². The second-order valence-electron chi connectivity index (χ2n) is 3.84. The van der Waals surface area contributed by atoms with Crippen LogP contribution in [0.3, 0.4) is 0 Å². The van der Waals surface area contributed by atoms with Crippen molar-refractivity contribution in [1.29, 1.82) is 0 Å². The van der Waals surface area contributed by atoms with E-state index in [0.717, 1.165) is 6.42 Å². The summed E-state index contributed by atoms with van der Waals surface area (Å²) in [5, 5.41) is 2.94. The third-order valence-electron chi connectivity index (χ3n) is 2.36. The molecule has 1 aliphatic carbocycles. The number of hydrogen-bond acceptors (Lipinski definition) is 2. The van der Waals surface area contributed by atoms with Gasteiger partial charge in [0.15, 0.2) is 0 Å². The number of amides is 1. The molecule has 0 spiro atoms. The molecule has 4 heteroatoms. The highest BCUT2D eigenvalue weighted by molar-refractivity contribution is 6.17. The van der Waals surface area contributed by atoms with E-state index in [2.05, 4.69) is 5.32 Å². The molecular formula is C10H18ClNO2. The molecule has 1 fully saturated rings. The first-order chi connectivity index (χ1) is 6.76. The summed E-state index contributed by atoms with van der Waals surface area (Å²) in [4.78, 5) is 11.4. The van der Waals surface area contributed by atoms with Gasteiger partial charge in [-0.1, -0.05) is 0 Å². The molecule has 1 atom stereocenters. The van der Waals surface area contributed by atoms with Crippen molar-refractivity contribution in [3.05, 3.63) is 0 Å². The SMILES string of the molecule is COCC(CCCl)NC(=O)CC1CC1. The van der Waals surface area contributed by atoms with Crippen molar-refractivity contribution < 1.29 is 9.53 Å². The number of carbonyl (C=O) groups is 1. The van der Waals surface area contributed by atoms with E-state index >= 15 is 0 Å². The Balaban J connectivity index is 2.17. The van der Waals surface area contributed by atoms with E-state index < -0.39 is 0 Å². The fourth-order valence-corrected chi connectivity index (χ4v) is 1.66. The highest BCUT2D eigenvalue weighted by Gasteiger charge is 2.25. The zero-order valence-electron chi connectivity index (χ0n) is 8.59. The number of alkyl halides is 1. The molecule has 1 saturated carbocycles. The van der Waals surface area contributed by atoms with Gasteiger partial charge in [0, 0.05) is 19.4 Å². The van der Waals surface area contributed by atoms with Crippen LogP contribution >= 0.6 is 11.6 Å². The van der Waals surface area contributed by atoms with Crippen LogP contribution in [0, 0.1) is 5.92 Å². The minimum Gasteiger partial charge on any atom is -0.383 e. The van der Waals surface area contributed by atoms with Gasteiger partial charge in [-0.05, 0) is 25.2 Å². The number of halogens is 1. The maximum atomic E-state index is 11.4. The van der Waals surface area contributed by atoms with Crippen molar-refractivity contribution in [3.63, 3.8) is 0 Å². The summed E-state index contributed by atoms with van der Waals surface area (Å²) in [5.41, 5.74) is 0. The Kier molecular flexibility index (Phi) is 5.26. The minimum absolute atomic E-state index is 0.0729. The van der Waals surface area contributed by atoms with Crippen LogP contribution in [-0.4, -0.2) is 31.5 Å². The van der Waals surface area contributed by atoms with Crippen molar-refractivity contribution in [2.24, 2.45) is 5.92 Å². The summed E-state index contributed by atoms with van der Waals surface area (Å²) in [6, 6.07) is 0.0729.